The summed E-state index contributed by atoms with van der Waals surface area (Å²) >= 11 is 0. The van der Waals surface area contributed by atoms with Gasteiger partial charge < -0.3 is 14.6 Å². The van der Waals surface area contributed by atoms with Crippen LogP contribution < -0.4 is 5.32 Å². The Morgan fingerprint density at radius 1 is 1.71 bits per heavy atom. The molecular weight excluding hydrogens is 184 g/mol. The van der Waals surface area contributed by atoms with Gasteiger partial charge in [-0.3, -0.25) is 4.99 Å². The Labute approximate surface area is 81.4 Å². The molecule has 2 heterocycles. The molecule has 0 saturated heterocycles. The van der Waals surface area contributed by atoms with Gasteiger partial charge in [0.05, 0.1) is 18.8 Å². The van der Waals surface area contributed by atoms with Crippen LogP contribution in [0.25, 0.3) is 0 Å². The Kier molecular flexibility index (Phi) is 2.73. The monoisotopic (exact) mass is 196 g/mol. The van der Waals surface area contributed by atoms with E-state index in [1.807, 2.05) is 0 Å². The predicted molar refractivity (Wildman–Crippen MR) is 49.1 cm³/mol. The van der Waals surface area contributed by atoms with Gasteiger partial charge >= 0.3 is 0 Å². The fourth-order valence-corrected chi connectivity index (χ4v) is 1.29. The molecule has 2 rings (SSSR count). The molecule has 1 aromatic rings. The highest BCUT2D eigenvalue weighted by Crippen LogP contribution is 2.14. The van der Waals surface area contributed by atoms with E-state index in [-0.39, 0.29) is 5.92 Å². The summed E-state index contributed by atoms with van der Waals surface area (Å²) in [6.45, 7) is 1.87. The highest BCUT2D eigenvalue weighted by atomic mass is 16.5. The molecule has 0 aromatic carbocycles. The molecule has 6 heteroatoms. The van der Waals surface area contributed by atoms with Crippen molar-refractivity contribution in [2.45, 2.75) is 12.5 Å². The first-order chi connectivity index (χ1) is 6.90. The molecule has 1 aromatic heterocycles. The van der Waals surface area contributed by atoms with Crippen LogP contribution in [-0.4, -0.2) is 36.7 Å². The van der Waals surface area contributed by atoms with Crippen molar-refractivity contribution in [2.24, 2.45) is 4.99 Å². The first-order valence-corrected chi connectivity index (χ1v) is 4.43. The third-order valence-electron chi connectivity index (χ3n) is 1.98. The van der Waals surface area contributed by atoms with E-state index in [9.17, 15) is 0 Å². The topological polar surface area (TPSA) is 72.5 Å². The average molecular weight is 196 g/mol. The number of methoxy groups -OCH3 is 1. The molecule has 6 nitrogen and oxygen atoms in total. The zero-order valence-corrected chi connectivity index (χ0v) is 7.93. The van der Waals surface area contributed by atoms with Crippen LogP contribution in [0, 0.1) is 0 Å². The van der Waals surface area contributed by atoms with Gasteiger partial charge in [-0.25, -0.2) is 0 Å². The molecule has 1 unspecified atom stereocenters. The van der Waals surface area contributed by atoms with Crippen LogP contribution in [0.5, 0.6) is 0 Å². The molecule has 76 valence electrons. The normalized spacial score (nSPS) is 20.8. The lowest BCUT2D eigenvalue weighted by Gasteiger charge is -2.13. The van der Waals surface area contributed by atoms with Crippen molar-refractivity contribution in [1.82, 2.24) is 15.5 Å². The number of hydrogen-bond acceptors (Lipinski definition) is 6. The van der Waals surface area contributed by atoms with E-state index in [0.29, 0.717) is 24.9 Å². The summed E-state index contributed by atoms with van der Waals surface area (Å²) in [7, 11) is 1.60. The standard InChI is InChI=1S/C8H12N4O2/c1-13-4-7-11-8(14-12-7)6-2-9-5-10-3-6/h5-6H,2-4H2,1H3,(H,9,10). The van der Waals surface area contributed by atoms with Gasteiger partial charge in [-0.05, 0) is 0 Å². The minimum atomic E-state index is 0.179. The number of hydrogen-bond donors (Lipinski definition) is 1. The summed E-state index contributed by atoms with van der Waals surface area (Å²) in [4.78, 5) is 8.30. The summed E-state index contributed by atoms with van der Waals surface area (Å²) in [5.74, 6) is 1.39. The van der Waals surface area contributed by atoms with E-state index in [4.69, 9.17) is 9.26 Å². The first kappa shape index (κ1) is 9.14. The van der Waals surface area contributed by atoms with Crippen LogP contribution in [0.3, 0.4) is 0 Å². The molecule has 0 spiro atoms. The van der Waals surface area contributed by atoms with Crippen LogP contribution in [0.4, 0.5) is 0 Å². The Morgan fingerprint density at radius 2 is 2.64 bits per heavy atom. The number of nitrogens with zero attached hydrogens (tertiary/aromatic N) is 3. The summed E-state index contributed by atoms with van der Waals surface area (Å²) in [6, 6.07) is 0. The van der Waals surface area contributed by atoms with Crippen molar-refractivity contribution in [3.05, 3.63) is 11.7 Å². The fraction of sp³-hybridized carbons (Fsp3) is 0.625. The Hall–Kier alpha value is -1.43. The maximum Gasteiger partial charge on any atom is 0.233 e. The molecule has 0 fully saturated rings. The second-order valence-corrected chi connectivity index (χ2v) is 3.08. The molecule has 0 bridgehead atoms. The average Bonchev–Trinajstić information content (AvgIpc) is 2.68. The highest BCUT2D eigenvalue weighted by molar-refractivity contribution is 5.55. The van der Waals surface area contributed by atoms with Gasteiger partial charge in [0.2, 0.25) is 5.89 Å². The van der Waals surface area contributed by atoms with Crippen molar-refractivity contribution < 1.29 is 9.26 Å². The van der Waals surface area contributed by atoms with Crippen molar-refractivity contribution in [3.63, 3.8) is 0 Å². The Morgan fingerprint density at radius 3 is 3.36 bits per heavy atom. The summed E-state index contributed by atoms with van der Waals surface area (Å²) < 4.78 is 10.00. The number of aliphatic imine (C=N–C) groups is 1. The van der Waals surface area contributed by atoms with Gasteiger partial charge in [0.15, 0.2) is 5.82 Å². The van der Waals surface area contributed by atoms with E-state index in [2.05, 4.69) is 20.4 Å². The lowest BCUT2D eigenvalue weighted by atomic mass is 10.1. The molecule has 0 amide bonds. The third kappa shape index (κ3) is 1.90. The van der Waals surface area contributed by atoms with Crippen molar-refractivity contribution in [1.29, 1.82) is 0 Å². The zero-order valence-electron chi connectivity index (χ0n) is 7.93. The maximum absolute atomic E-state index is 5.10. The van der Waals surface area contributed by atoms with Crippen molar-refractivity contribution in [3.8, 4) is 0 Å². The number of nitrogens with one attached hydrogen (secondary N) is 1. The molecule has 14 heavy (non-hydrogen) atoms. The summed E-state index contributed by atoms with van der Waals surface area (Å²) in [5.41, 5.74) is 0. The molecule has 1 atom stereocenters. The van der Waals surface area contributed by atoms with E-state index < -0.39 is 0 Å². The van der Waals surface area contributed by atoms with E-state index >= 15 is 0 Å². The second-order valence-electron chi connectivity index (χ2n) is 3.08. The van der Waals surface area contributed by atoms with Crippen LogP contribution in [0.15, 0.2) is 9.52 Å². The van der Waals surface area contributed by atoms with Gasteiger partial charge in [0.1, 0.15) is 6.61 Å². The fourth-order valence-electron chi connectivity index (χ4n) is 1.29. The minimum absolute atomic E-state index is 0.179. The number of ether oxygens (including phenoxy) is 1. The van der Waals surface area contributed by atoms with Gasteiger partial charge in [-0.15, -0.1) is 0 Å². The minimum Gasteiger partial charge on any atom is -0.377 e. The second kappa shape index (κ2) is 4.19. The van der Waals surface area contributed by atoms with E-state index in [1.54, 1.807) is 13.4 Å². The first-order valence-electron chi connectivity index (χ1n) is 4.43. The molecule has 1 aliphatic heterocycles. The largest absolute Gasteiger partial charge is 0.377 e. The van der Waals surface area contributed by atoms with E-state index in [1.165, 1.54) is 0 Å². The molecule has 0 radical (unpaired) electrons. The molecule has 0 saturated carbocycles. The molecule has 1 aliphatic rings. The Bertz CT molecular complexity index is 323. The van der Waals surface area contributed by atoms with Crippen LogP contribution >= 0.6 is 0 Å². The summed E-state index contributed by atoms with van der Waals surface area (Å²) in [5, 5.41) is 6.81. The van der Waals surface area contributed by atoms with Crippen LogP contribution in [0.1, 0.15) is 17.6 Å². The van der Waals surface area contributed by atoms with Gasteiger partial charge in [-0.2, -0.15) is 4.98 Å². The maximum atomic E-state index is 5.10. The molecule has 1 N–H and O–H groups in total. The zero-order chi connectivity index (χ0) is 9.80. The van der Waals surface area contributed by atoms with Crippen LogP contribution in [-0.2, 0) is 11.3 Å². The van der Waals surface area contributed by atoms with Crippen LogP contribution in [0.2, 0.25) is 0 Å². The lowest BCUT2D eigenvalue weighted by molar-refractivity contribution is 0.174. The quantitative estimate of drug-likeness (QED) is 0.732. The van der Waals surface area contributed by atoms with Gasteiger partial charge in [0.25, 0.3) is 0 Å². The third-order valence-corrected chi connectivity index (χ3v) is 1.98. The predicted octanol–water partition coefficient (Wildman–Crippen LogP) is -0.0689. The van der Waals surface area contributed by atoms with Gasteiger partial charge in [0, 0.05) is 13.7 Å². The summed E-state index contributed by atoms with van der Waals surface area (Å²) in [6.07, 6.45) is 1.70. The van der Waals surface area contributed by atoms with Crippen molar-refractivity contribution >= 4 is 6.34 Å². The highest BCUT2D eigenvalue weighted by Gasteiger charge is 2.19. The smallest absolute Gasteiger partial charge is 0.233 e. The van der Waals surface area contributed by atoms with Crippen molar-refractivity contribution in [2.75, 3.05) is 20.2 Å². The molecule has 0 aliphatic carbocycles. The van der Waals surface area contributed by atoms with Gasteiger partial charge in [-0.1, -0.05) is 5.16 Å². The molecular formula is C8H12N4O2. The number of rotatable bonds is 3. The Balaban J connectivity index is 2.04. The lowest BCUT2D eigenvalue weighted by Crippen LogP contribution is -2.27. The van der Waals surface area contributed by atoms with E-state index in [0.717, 1.165) is 6.54 Å². The SMILES string of the molecule is COCc1noc(C2CN=CNC2)n1. The number of aromatic nitrogens is 2.